The number of carbonyl (C=O) groups is 1. The molecule has 2 aliphatic heterocycles. The summed E-state index contributed by atoms with van der Waals surface area (Å²) in [6, 6.07) is 15.0. The molecular weight excluding hydrogens is 300 g/mol. The van der Waals surface area contributed by atoms with Gasteiger partial charge in [0, 0.05) is 11.4 Å². The molecule has 4 rings (SSSR count). The molecule has 2 heterocycles. The summed E-state index contributed by atoms with van der Waals surface area (Å²) < 4.78 is 0. The van der Waals surface area contributed by atoms with Crippen molar-refractivity contribution in [2.75, 3.05) is 10.6 Å². The first-order valence-corrected chi connectivity index (χ1v) is 7.32. The maximum absolute atomic E-state index is 12.5. The van der Waals surface area contributed by atoms with Gasteiger partial charge in [0.25, 0.3) is 5.91 Å². The van der Waals surface area contributed by atoms with Crippen molar-refractivity contribution in [1.29, 1.82) is 0 Å². The number of para-hydroxylation sites is 2. The van der Waals surface area contributed by atoms with Crippen LogP contribution in [0.5, 0.6) is 0 Å². The summed E-state index contributed by atoms with van der Waals surface area (Å²) in [5.74, 6) is -0.140. The van der Waals surface area contributed by atoms with E-state index >= 15 is 0 Å². The second-order valence-corrected chi connectivity index (χ2v) is 5.82. The summed E-state index contributed by atoms with van der Waals surface area (Å²) in [5, 5.41) is 11.2. The number of hydrazone groups is 1. The lowest BCUT2D eigenvalue weighted by atomic mass is 9.96. The number of fused-ring (bicyclic) bond motifs is 1. The number of nitrogens with zero attached hydrogens (tertiary/aromatic N) is 1. The van der Waals surface area contributed by atoms with Gasteiger partial charge in [0.15, 0.2) is 0 Å². The average molecular weight is 313 g/mol. The monoisotopic (exact) mass is 312 g/mol. The first-order chi connectivity index (χ1) is 10.7. The van der Waals surface area contributed by atoms with Crippen molar-refractivity contribution in [1.82, 2.24) is 5.43 Å². The number of anilines is 2. The van der Waals surface area contributed by atoms with Crippen LogP contribution in [-0.2, 0) is 4.79 Å². The Morgan fingerprint density at radius 3 is 2.55 bits per heavy atom. The number of rotatable bonds is 1. The molecule has 2 aromatic carbocycles. The zero-order valence-corrected chi connectivity index (χ0v) is 12.3. The first kappa shape index (κ1) is 13.2. The van der Waals surface area contributed by atoms with Crippen molar-refractivity contribution in [3.8, 4) is 0 Å². The largest absolute Gasteiger partial charge is 0.352 e. The van der Waals surface area contributed by atoms with E-state index in [1.165, 1.54) is 0 Å². The lowest BCUT2D eigenvalue weighted by Gasteiger charge is -2.34. The Balaban J connectivity index is 1.63. The highest BCUT2D eigenvalue weighted by Crippen LogP contribution is 2.33. The van der Waals surface area contributed by atoms with E-state index in [2.05, 4.69) is 21.2 Å². The molecule has 22 heavy (non-hydrogen) atoms. The molecule has 0 saturated carbocycles. The first-order valence-electron chi connectivity index (χ1n) is 6.95. The molecular formula is C16H13ClN4O. The molecule has 1 unspecified atom stereocenters. The molecule has 0 radical (unpaired) electrons. The van der Waals surface area contributed by atoms with Crippen LogP contribution in [-0.4, -0.2) is 17.3 Å². The van der Waals surface area contributed by atoms with Gasteiger partial charge in [0.05, 0.1) is 17.1 Å². The number of amides is 1. The second kappa shape index (κ2) is 4.74. The van der Waals surface area contributed by atoms with Gasteiger partial charge in [-0.15, -0.1) is 0 Å². The molecule has 0 bridgehead atoms. The lowest BCUT2D eigenvalue weighted by molar-refractivity contribution is -0.121. The number of halogens is 1. The van der Waals surface area contributed by atoms with Gasteiger partial charge in [-0.3, -0.25) is 10.2 Å². The summed E-state index contributed by atoms with van der Waals surface area (Å²) in [7, 11) is 0. The third-order valence-electron chi connectivity index (χ3n) is 3.90. The van der Waals surface area contributed by atoms with E-state index in [4.69, 9.17) is 11.6 Å². The van der Waals surface area contributed by atoms with Gasteiger partial charge in [0.2, 0.25) is 5.66 Å². The Bertz CT molecular complexity index is 787. The maximum atomic E-state index is 12.5. The van der Waals surface area contributed by atoms with Crippen LogP contribution in [0.2, 0.25) is 5.02 Å². The minimum atomic E-state index is -0.941. The summed E-state index contributed by atoms with van der Waals surface area (Å²) in [6.45, 7) is 0. The van der Waals surface area contributed by atoms with Crippen LogP contribution < -0.4 is 16.1 Å². The fraction of sp³-hybridized carbons (Fsp3) is 0.125. The van der Waals surface area contributed by atoms with Crippen LogP contribution in [0.3, 0.4) is 0 Å². The van der Waals surface area contributed by atoms with E-state index in [0.717, 1.165) is 22.6 Å². The number of hydrogen-bond donors (Lipinski definition) is 3. The van der Waals surface area contributed by atoms with Crippen LogP contribution in [0.25, 0.3) is 0 Å². The van der Waals surface area contributed by atoms with Gasteiger partial charge in [-0.1, -0.05) is 35.9 Å². The molecule has 2 aromatic rings. The number of carbonyl (C=O) groups excluding carboxylic acids is 1. The molecule has 1 amide bonds. The second-order valence-electron chi connectivity index (χ2n) is 5.38. The molecule has 3 N–H and O–H groups in total. The quantitative estimate of drug-likeness (QED) is 0.758. The lowest BCUT2D eigenvalue weighted by Crippen LogP contribution is -2.58. The SMILES string of the molecule is O=C1Nc2ccccc2NC12CC(c1ccc(Cl)cc1)=NN2. The van der Waals surface area contributed by atoms with Crippen LogP contribution in [0.4, 0.5) is 11.4 Å². The summed E-state index contributed by atoms with van der Waals surface area (Å²) in [5.41, 5.74) is 5.44. The van der Waals surface area contributed by atoms with Crippen molar-refractivity contribution >= 4 is 34.6 Å². The van der Waals surface area contributed by atoms with E-state index in [1.807, 2.05) is 48.5 Å². The normalized spacial score (nSPS) is 22.4. The Morgan fingerprint density at radius 1 is 1.05 bits per heavy atom. The molecule has 6 heteroatoms. The fourth-order valence-corrected chi connectivity index (χ4v) is 2.85. The average Bonchev–Trinajstić information content (AvgIpc) is 2.94. The standard InChI is InChI=1S/C16H13ClN4O/c17-11-7-5-10(6-8-11)14-9-16(21-20-14)15(22)18-12-3-1-2-4-13(12)19-16/h1-8,19,21H,9H2,(H,18,22). The molecule has 1 atom stereocenters. The Morgan fingerprint density at radius 2 is 1.77 bits per heavy atom. The molecule has 110 valence electrons. The van der Waals surface area contributed by atoms with Crippen LogP contribution in [0.1, 0.15) is 12.0 Å². The van der Waals surface area contributed by atoms with E-state index in [1.54, 1.807) is 0 Å². The Labute approximate surface area is 132 Å². The van der Waals surface area contributed by atoms with Gasteiger partial charge < -0.3 is 10.6 Å². The smallest absolute Gasteiger partial charge is 0.272 e. The third kappa shape index (κ3) is 2.02. The zero-order valence-electron chi connectivity index (χ0n) is 11.6. The highest BCUT2D eigenvalue weighted by molar-refractivity contribution is 6.30. The van der Waals surface area contributed by atoms with Gasteiger partial charge in [0.1, 0.15) is 0 Å². The highest BCUT2D eigenvalue weighted by atomic mass is 35.5. The molecule has 0 fully saturated rings. The molecule has 2 aliphatic rings. The van der Waals surface area contributed by atoms with Crippen LogP contribution in [0.15, 0.2) is 53.6 Å². The molecule has 0 aromatic heterocycles. The van der Waals surface area contributed by atoms with Crippen molar-refractivity contribution in [2.45, 2.75) is 12.1 Å². The summed E-state index contributed by atoms with van der Waals surface area (Å²) in [4.78, 5) is 12.5. The van der Waals surface area contributed by atoms with Crippen LogP contribution >= 0.6 is 11.6 Å². The van der Waals surface area contributed by atoms with E-state index in [9.17, 15) is 4.79 Å². The number of hydrogen-bond acceptors (Lipinski definition) is 4. The van der Waals surface area contributed by atoms with E-state index < -0.39 is 5.66 Å². The predicted molar refractivity (Wildman–Crippen MR) is 87.2 cm³/mol. The predicted octanol–water partition coefficient (Wildman–Crippen LogP) is 2.80. The molecule has 0 saturated heterocycles. The van der Waals surface area contributed by atoms with Gasteiger partial charge in [-0.05, 0) is 29.8 Å². The Hall–Kier alpha value is -2.53. The van der Waals surface area contributed by atoms with Crippen molar-refractivity contribution < 1.29 is 4.79 Å². The van der Waals surface area contributed by atoms with Crippen molar-refractivity contribution in [2.24, 2.45) is 5.10 Å². The molecule has 1 spiro atoms. The summed E-state index contributed by atoms with van der Waals surface area (Å²) >= 11 is 5.91. The van der Waals surface area contributed by atoms with Crippen molar-refractivity contribution in [3.63, 3.8) is 0 Å². The zero-order chi connectivity index (χ0) is 15.2. The minimum absolute atomic E-state index is 0.140. The highest BCUT2D eigenvalue weighted by Gasteiger charge is 2.46. The molecule has 0 aliphatic carbocycles. The number of benzene rings is 2. The van der Waals surface area contributed by atoms with Gasteiger partial charge in [-0.25, -0.2) is 0 Å². The van der Waals surface area contributed by atoms with E-state index in [0.29, 0.717) is 11.4 Å². The van der Waals surface area contributed by atoms with Gasteiger partial charge in [-0.2, -0.15) is 5.10 Å². The number of nitrogens with one attached hydrogen (secondary N) is 3. The van der Waals surface area contributed by atoms with Crippen LogP contribution in [0, 0.1) is 0 Å². The minimum Gasteiger partial charge on any atom is -0.352 e. The Kier molecular flexibility index (Phi) is 2.84. The summed E-state index contributed by atoms with van der Waals surface area (Å²) in [6.07, 6.45) is 0.453. The third-order valence-corrected chi connectivity index (χ3v) is 4.15. The fourth-order valence-electron chi connectivity index (χ4n) is 2.72. The maximum Gasteiger partial charge on any atom is 0.272 e. The van der Waals surface area contributed by atoms with Gasteiger partial charge >= 0.3 is 0 Å². The van der Waals surface area contributed by atoms with Crippen molar-refractivity contribution in [3.05, 3.63) is 59.1 Å². The van der Waals surface area contributed by atoms with E-state index in [-0.39, 0.29) is 5.91 Å². The topological polar surface area (TPSA) is 65.5 Å². The molecule has 5 nitrogen and oxygen atoms in total.